The van der Waals surface area contributed by atoms with Gasteiger partial charge in [0.25, 0.3) is 0 Å². The summed E-state index contributed by atoms with van der Waals surface area (Å²) < 4.78 is 0. The van der Waals surface area contributed by atoms with Gasteiger partial charge in [0.15, 0.2) is 5.96 Å². The van der Waals surface area contributed by atoms with Gasteiger partial charge in [-0.15, -0.1) is 0 Å². The molecular weight excluding hydrogens is 226 g/mol. The second-order valence-corrected chi connectivity index (χ2v) is 4.23. The van der Waals surface area contributed by atoms with Gasteiger partial charge in [-0.2, -0.15) is 0 Å². The Labute approximate surface area is 109 Å². The number of hydrogen-bond donors (Lipinski definition) is 2. The molecule has 0 aliphatic heterocycles. The van der Waals surface area contributed by atoms with Crippen molar-refractivity contribution in [3.63, 3.8) is 0 Å². The molecule has 100 valence electrons. The van der Waals surface area contributed by atoms with E-state index in [1.807, 2.05) is 31.3 Å². The van der Waals surface area contributed by atoms with Crippen LogP contribution in [0.3, 0.4) is 0 Å². The molecule has 0 saturated carbocycles. The van der Waals surface area contributed by atoms with Crippen LogP contribution in [0, 0.1) is 0 Å². The quantitative estimate of drug-likeness (QED) is 0.608. The fourth-order valence-corrected chi connectivity index (χ4v) is 1.61. The lowest BCUT2D eigenvalue weighted by atomic mass is 10.2. The predicted molar refractivity (Wildman–Crippen MR) is 77.1 cm³/mol. The maximum atomic E-state index is 4.37. The van der Waals surface area contributed by atoms with Gasteiger partial charge < -0.3 is 15.5 Å². The summed E-state index contributed by atoms with van der Waals surface area (Å²) in [5, 5.41) is 6.53. The van der Waals surface area contributed by atoms with E-state index in [1.54, 1.807) is 7.05 Å². The highest BCUT2D eigenvalue weighted by Gasteiger charge is 2.05. The molecule has 1 aromatic rings. The molecule has 1 rings (SSSR count). The van der Waals surface area contributed by atoms with Crippen LogP contribution in [0.1, 0.15) is 18.9 Å². The molecule has 0 aliphatic rings. The third-order valence-electron chi connectivity index (χ3n) is 2.50. The average Bonchev–Trinajstić information content (AvgIpc) is 2.39. The van der Waals surface area contributed by atoms with E-state index in [2.05, 4.69) is 33.6 Å². The Morgan fingerprint density at radius 3 is 2.78 bits per heavy atom. The standard InChI is InChI=1S/C13H23N5/c1-5-8-16-13(14-2)17-10-11-7-6-9-15-12(11)18(3)4/h6-7,9H,5,8,10H2,1-4H3,(H2,14,16,17). The Morgan fingerprint density at radius 1 is 1.39 bits per heavy atom. The first-order valence-corrected chi connectivity index (χ1v) is 6.24. The van der Waals surface area contributed by atoms with Gasteiger partial charge in [-0.3, -0.25) is 4.99 Å². The van der Waals surface area contributed by atoms with Crippen LogP contribution in [0.4, 0.5) is 5.82 Å². The number of rotatable bonds is 5. The van der Waals surface area contributed by atoms with Gasteiger partial charge >= 0.3 is 0 Å². The number of anilines is 1. The minimum atomic E-state index is 0.713. The summed E-state index contributed by atoms with van der Waals surface area (Å²) >= 11 is 0. The molecule has 0 unspecified atom stereocenters. The smallest absolute Gasteiger partial charge is 0.191 e. The highest BCUT2D eigenvalue weighted by molar-refractivity contribution is 5.79. The van der Waals surface area contributed by atoms with E-state index in [4.69, 9.17) is 0 Å². The molecule has 0 radical (unpaired) electrons. The molecule has 0 spiro atoms. The predicted octanol–water partition coefficient (Wildman–Crippen LogP) is 1.22. The van der Waals surface area contributed by atoms with Gasteiger partial charge in [-0.05, 0) is 12.5 Å². The third-order valence-corrected chi connectivity index (χ3v) is 2.50. The van der Waals surface area contributed by atoms with Crippen LogP contribution >= 0.6 is 0 Å². The number of nitrogens with one attached hydrogen (secondary N) is 2. The first-order chi connectivity index (χ1) is 8.69. The second-order valence-electron chi connectivity index (χ2n) is 4.23. The first kappa shape index (κ1) is 14.3. The van der Waals surface area contributed by atoms with Crippen LogP contribution in [0.5, 0.6) is 0 Å². The largest absolute Gasteiger partial charge is 0.362 e. The summed E-state index contributed by atoms with van der Waals surface area (Å²) in [5.74, 6) is 1.81. The SMILES string of the molecule is CCCNC(=NC)NCc1cccnc1N(C)C. The van der Waals surface area contributed by atoms with Gasteiger partial charge in [0.2, 0.25) is 0 Å². The van der Waals surface area contributed by atoms with Crippen molar-refractivity contribution in [1.29, 1.82) is 0 Å². The molecule has 1 aromatic heterocycles. The Balaban J connectivity index is 2.62. The Kier molecular flexibility index (Phi) is 5.97. The van der Waals surface area contributed by atoms with Crippen molar-refractivity contribution < 1.29 is 0 Å². The van der Waals surface area contributed by atoms with E-state index in [9.17, 15) is 0 Å². The van der Waals surface area contributed by atoms with E-state index < -0.39 is 0 Å². The zero-order chi connectivity index (χ0) is 13.4. The van der Waals surface area contributed by atoms with Crippen molar-refractivity contribution in [3.8, 4) is 0 Å². The lowest BCUT2D eigenvalue weighted by Crippen LogP contribution is -2.37. The van der Waals surface area contributed by atoms with E-state index in [0.29, 0.717) is 6.54 Å². The summed E-state index contributed by atoms with van der Waals surface area (Å²) in [6, 6.07) is 4.02. The number of nitrogens with zero attached hydrogens (tertiary/aromatic N) is 3. The summed E-state index contributed by atoms with van der Waals surface area (Å²) in [6.07, 6.45) is 2.89. The van der Waals surface area contributed by atoms with Gasteiger partial charge in [0.1, 0.15) is 5.82 Å². The summed E-state index contributed by atoms with van der Waals surface area (Å²) in [5.41, 5.74) is 1.15. The molecule has 0 atom stereocenters. The van der Waals surface area contributed by atoms with Crippen LogP contribution in [-0.2, 0) is 6.54 Å². The molecule has 0 bridgehead atoms. The summed E-state index contributed by atoms with van der Waals surface area (Å²) in [4.78, 5) is 10.6. The number of aliphatic imine (C=N–C) groups is 1. The lowest BCUT2D eigenvalue weighted by molar-refractivity contribution is 0.779. The molecule has 0 saturated heterocycles. The van der Waals surface area contributed by atoms with E-state index >= 15 is 0 Å². The fraction of sp³-hybridized carbons (Fsp3) is 0.538. The highest BCUT2D eigenvalue weighted by Crippen LogP contribution is 2.13. The van der Waals surface area contributed by atoms with Gasteiger partial charge in [-0.25, -0.2) is 4.98 Å². The average molecular weight is 249 g/mol. The first-order valence-electron chi connectivity index (χ1n) is 6.24. The number of pyridine rings is 1. The molecule has 0 aromatic carbocycles. The Bertz CT molecular complexity index is 387. The van der Waals surface area contributed by atoms with E-state index in [0.717, 1.165) is 30.3 Å². The topological polar surface area (TPSA) is 52.6 Å². The van der Waals surface area contributed by atoms with Crippen molar-refractivity contribution in [2.45, 2.75) is 19.9 Å². The molecule has 1 heterocycles. The van der Waals surface area contributed by atoms with Crippen molar-refractivity contribution in [2.24, 2.45) is 4.99 Å². The molecule has 0 amide bonds. The van der Waals surface area contributed by atoms with Crippen LogP contribution in [0.2, 0.25) is 0 Å². The monoisotopic (exact) mass is 249 g/mol. The molecule has 0 aliphatic carbocycles. The third kappa shape index (κ3) is 4.24. The molecular formula is C13H23N5. The molecule has 0 fully saturated rings. The number of guanidine groups is 1. The number of hydrogen-bond acceptors (Lipinski definition) is 3. The zero-order valence-corrected chi connectivity index (χ0v) is 11.7. The lowest BCUT2D eigenvalue weighted by Gasteiger charge is -2.17. The summed E-state index contributed by atoms with van der Waals surface area (Å²) in [6.45, 7) is 3.77. The second kappa shape index (κ2) is 7.53. The van der Waals surface area contributed by atoms with Crippen molar-refractivity contribution in [2.75, 3.05) is 32.6 Å². The van der Waals surface area contributed by atoms with Crippen LogP contribution in [0.15, 0.2) is 23.3 Å². The fourth-order valence-electron chi connectivity index (χ4n) is 1.61. The van der Waals surface area contributed by atoms with Gasteiger partial charge in [-0.1, -0.05) is 13.0 Å². The summed E-state index contributed by atoms with van der Waals surface area (Å²) in [7, 11) is 5.77. The molecule has 2 N–H and O–H groups in total. The van der Waals surface area contributed by atoms with Gasteiger partial charge in [0, 0.05) is 46.0 Å². The Hall–Kier alpha value is -1.78. The van der Waals surface area contributed by atoms with E-state index in [1.165, 1.54) is 0 Å². The molecule has 5 nitrogen and oxygen atoms in total. The minimum absolute atomic E-state index is 0.713. The van der Waals surface area contributed by atoms with Gasteiger partial charge in [0.05, 0.1) is 0 Å². The van der Waals surface area contributed by atoms with Crippen LogP contribution < -0.4 is 15.5 Å². The maximum Gasteiger partial charge on any atom is 0.191 e. The normalized spacial score (nSPS) is 11.2. The Morgan fingerprint density at radius 2 is 2.17 bits per heavy atom. The van der Waals surface area contributed by atoms with Crippen LogP contribution in [0.25, 0.3) is 0 Å². The van der Waals surface area contributed by atoms with Crippen LogP contribution in [-0.4, -0.2) is 38.6 Å². The van der Waals surface area contributed by atoms with E-state index in [-0.39, 0.29) is 0 Å². The zero-order valence-electron chi connectivity index (χ0n) is 11.7. The van der Waals surface area contributed by atoms with Crippen molar-refractivity contribution in [1.82, 2.24) is 15.6 Å². The van der Waals surface area contributed by atoms with Crippen molar-refractivity contribution in [3.05, 3.63) is 23.9 Å². The minimum Gasteiger partial charge on any atom is -0.362 e. The van der Waals surface area contributed by atoms with Crippen molar-refractivity contribution >= 4 is 11.8 Å². The molecule has 18 heavy (non-hydrogen) atoms. The molecule has 5 heteroatoms. The highest BCUT2D eigenvalue weighted by atomic mass is 15.2. The number of aromatic nitrogens is 1. The maximum absolute atomic E-state index is 4.37.